The molecule has 1 heterocycles. The van der Waals surface area contributed by atoms with Gasteiger partial charge in [-0.15, -0.1) is 0 Å². The minimum Gasteiger partial charge on any atom is -0.399 e. The Hall–Kier alpha value is -1.55. The van der Waals surface area contributed by atoms with Gasteiger partial charge in [0.1, 0.15) is 0 Å². The van der Waals surface area contributed by atoms with Crippen LogP contribution in [0.25, 0.3) is 0 Å². The molecule has 4 heteroatoms. The summed E-state index contributed by atoms with van der Waals surface area (Å²) in [6.07, 6.45) is 1.79. The van der Waals surface area contributed by atoms with Crippen LogP contribution in [0, 0.1) is 0 Å². The monoisotopic (exact) mass is 219 g/mol. The van der Waals surface area contributed by atoms with E-state index in [4.69, 9.17) is 5.73 Å². The molecule has 0 fully saturated rings. The van der Waals surface area contributed by atoms with Crippen molar-refractivity contribution in [2.24, 2.45) is 0 Å². The number of benzene rings is 1. The fourth-order valence-electron chi connectivity index (χ4n) is 2.10. The third kappa shape index (κ3) is 2.52. The van der Waals surface area contributed by atoms with E-state index in [1.807, 2.05) is 6.07 Å². The summed E-state index contributed by atoms with van der Waals surface area (Å²) >= 11 is 0. The fraction of sp³-hybridized carbons (Fsp3) is 0.417. The van der Waals surface area contributed by atoms with Crippen molar-refractivity contribution in [2.75, 3.05) is 25.4 Å². The Labute approximate surface area is 95.4 Å². The summed E-state index contributed by atoms with van der Waals surface area (Å²) in [5.41, 5.74) is 9.31. The largest absolute Gasteiger partial charge is 0.399 e. The van der Waals surface area contributed by atoms with Crippen LogP contribution in [0.1, 0.15) is 11.1 Å². The molecule has 1 aromatic carbocycles. The van der Waals surface area contributed by atoms with Crippen LogP contribution in [0.2, 0.25) is 0 Å². The molecule has 0 saturated heterocycles. The number of nitrogens with one attached hydrogen (secondary N) is 1. The van der Waals surface area contributed by atoms with Crippen LogP contribution >= 0.6 is 0 Å². The zero-order valence-electron chi connectivity index (χ0n) is 9.28. The van der Waals surface area contributed by atoms with Gasteiger partial charge in [-0.2, -0.15) is 0 Å². The number of nitrogens with zero attached hydrogens (tertiary/aromatic N) is 1. The van der Waals surface area contributed by atoms with E-state index in [-0.39, 0.29) is 0 Å². The second-order valence-electron chi connectivity index (χ2n) is 4.13. The molecule has 16 heavy (non-hydrogen) atoms. The Balaban J connectivity index is 1.95. The number of carbonyl (C=O) groups excluding carboxylic acids is 1. The minimum atomic E-state index is 0.716. The molecule has 86 valence electrons. The van der Waals surface area contributed by atoms with Gasteiger partial charge in [-0.1, -0.05) is 6.07 Å². The highest BCUT2D eigenvalue weighted by Gasteiger charge is 2.15. The molecule has 4 nitrogen and oxygen atoms in total. The first kappa shape index (κ1) is 11.0. The van der Waals surface area contributed by atoms with Crippen molar-refractivity contribution in [3.63, 3.8) is 0 Å². The predicted octanol–water partition coefficient (Wildman–Crippen LogP) is 0.373. The molecule has 1 aromatic rings. The van der Waals surface area contributed by atoms with Gasteiger partial charge in [-0.25, -0.2) is 0 Å². The fourth-order valence-corrected chi connectivity index (χ4v) is 2.10. The Morgan fingerprint density at radius 3 is 3.12 bits per heavy atom. The van der Waals surface area contributed by atoms with E-state index < -0.39 is 0 Å². The lowest BCUT2D eigenvalue weighted by molar-refractivity contribution is -0.109. The summed E-state index contributed by atoms with van der Waals surface area (Å²) in [6, 6.07) is 6.12. The molecule has 0 saturated carbocycles. The normalized spacial score (nSPS) is 15.5. The number of hydrogen-bond acceptors (Lipinski definition) is 3. The van der Waals surface area contributed by atoms with Crippen molar-refractivity contribution in [3.8, 4) is 0 Å². The number of nitrogen functional groups attached to an aromatic ring is 1. The summed E-state index contributed by atoms with van der Waals surface area (Å²) in [5.74, 6) is 0. The summed E-state index contributed by atoms with van der Waals surface area (Å²) in [6.45, 7) is 3.61. The maximum Gasteiger partial charge on any atom is 0.207 e. The van der Waals surface area contributed by atoms with E-state index in [0.29, 0.717) is 6.54 Å². The standard InChI is InChI=1S/C12H17N3O/c13-12-2-1-11-8-15(6-4-14-9-16)5-3-10(11)7-12/h1-2,7,9H,3-6,8,13H2,(H,14,16). The van der Waals surface area contributed by atoms with Crippen LogP contribution in [-0.2, 0) is 17.8 Å². The molecule has 3 N–H and O–H groups in total. The maximum atomic E-state index is 10.1. The SMILES string of the molecule is Nc1ccc2c(c1)CCN(CCNC=O)C2. The van der Waals surface area contributed by atoms with Crippen LogP contribution < -0.4 is 11.1 Å². The number of hydrogen-bond donors (Lipinski definition) is 2. The third-order valence-corrected chi connectivity index (χ3v) is 2.98. The van der Waals surface area contributed by atoms with Gasteiger partial charge in [0.15, 0.2) is 0 Å². The molecule has 1 amide bonds. The highest BCUT2D eigenvalue weighted by atomic mass is 16.1. The van der Waals surface area contributed by atoms with Crippen LogP contribution in [0.4, 0.5) is 5.69 Å². The van der Waals surface area contributed by atoms with Gasteiger partial charge in [0, 0.05) is 31.9 Å². The molecule has 1 aliphatic rings. The molecule has 0 atom stereocenters. The smallest absolute Gasteiger partial charge is 0.207 e. The molecule has 0 radical (unpaired) electrons. The molecule has 0 aromatic heterocycles. The van der Waals surface area contributed by atoms with Gasteiger partial charge in [0.05, 0.1) is 0 Å². The highest BCUT2D eigenvalue weighted by Crippen LogP contribution is 2.20. The molecule has 0 aliphatic carbocycles. The quantitative estimate of drug-likeness (QED) is 0.437. The zero-order chi connectivity index (χ0) is 11.4. The van der Waals surface area contributed by atoms with Gasteiger partial charge >= 0.3 is 0 Å². The third-order valence-electron chi connectivity index (χ3n) is 2.98. The molecule has 0 unspecified atom stereocenters. The van der Waals surface area contributed by atoms with Crippen molar-refractivity contribution in [3.05, 3.63) is 29.3 Å². The van der Waals surface area contributed by atoms with Crippen LogP contribution in [-0.4, -0.2) is 30.9 Å². The van der Waals surface area contributed by atoms with Crippen molar-refractivity contribution in [1.29, 1.82) is 0 Å². The summed E-state index contributed by atoms with van der Waals surface area (Å²) in [5, 5.41) is 2.69. The van der Waals surface area contributed by atoms with E-state index in [1.54, 1.807) is 0 Å². The first-order chi connectivity index (χ1) is 7.79. The van der Waals surface area contributed by atoms with E-state index in [0.717, 1.165) is 38.2 Å². The van der Waals surface area contributed by atoms with Gasteiger partial charge in [0.2, 0.25) is 6.41 Å². The van der Waals surface area contributed by atoms with Crippen molar-refractivity contribution in [2.45, 2.75) is 13.0 Å². The number of anilines is 1. The number of amides is 1. The Morgan fingerprint density at radius 2 is 2.31 bits per heavy atom. The van der Waals surface area contributed by atoms with Crippen molar-refractivity contribution < 1.29 is 4.79 Å². The van der Waals surface area contributed by atoms with Gasteiger partial charge < -0.3 is 11.1 Å². The van der Waals surface area contributed by atoms with Gasteiger partial charge in [-0.05, 0) is 29.7 Å². The van der Waals surface area contributed by atoms with Crippen LogP contribution in [0.15, 0.2) is 18.2 Å². The number of carbonyl (C=O) groups is 1. The lowest BCUT2D eigenvalue weighted by atomic mass is 9.99. The molecule has 2 rings (SSSR count). The maximum absolute atomic E-state index is 10.1. The average molecular weight is 219 g/mol. The first-order valence-electron chi connectivity index (χ1n) is 5.56. The summed E-state index contributed by atoms with van der Waals surface area (Å²) in [7, 11) is 0. The minimum absolute atomic E-state index is 0.716. The zero-order valence-corrected chi connectivity index (χ0v) is 9.28. The van der Waals surface area contributed by atoms with E-state index in [1.165, 1.54) is 11.1 Å². The predicted molar refractivity (Wildman–Crippen MR) is 63.9 cm³/mol. The highest BCUT2D eigenvalue weighted by molar-refractivity contribution is 5.46. The number of rotatable bonds is 4. The molecule has 1 aliphatic heterocycles. The lowest BCUT2D eigenvalue weighted by Gasteiger charge is -2.28. The molecular formula is C12H17N3O. The van der Waals surface area contributed by atoms with Crippen LogP contribution in [0.3, 0.4) is 0 Å². The average Bonchev–Trinajstić information content (AvgIpc) is 2.29. The number of nitrogens with two attached hydrogens (primary N) is 1. The van der Waals surface area contributed by atoms with Crippen molar-refractivity contribution >= 4 is 12.1 Å². The second kappa shape index (κ2) is 4.99. The lowest BCUT2D eigenvalue weighted by Crippen LogP contribution is -2.35. The Kier molecular flexibility index (Phi) is 3.41. The first-order valence-corrected chi connectivity index (χ1v) is 5.56. The topological polar surface area (TPSA) is 58.4 Å². The molecular weight excluding hydrogens is 202 g/mol. The molecule has 0 bridgehead atoms. The van der Waals surface area contributed by atoms with Gasteiger partial charge in [0.25, 0.3) is 0 Å². The van der Waals surface area contributed by atoms with E-state index >= 15 is 0 Å². The van der Waals surface area contributed by atoms with Crippen molar-refractivity contribution in [1.82, 2.24) is 10.2 Å². The summed E-state index contributed by atoms with van der Waals surface area (Å²) < 4.78 is 0. The Morgan fingerprint density at radius 1 is 1.44 bits per heavy atom. The Bertz CT molecular complexity index is 379. The van der Waals surface area contributed by atoms with E-state index in [2.05, 4.69) is 22.3 Å². The second-order valence-corrected chi connectivity index (χ2v) is 4.13. The summed E-state index contributed by atoms with van der Waals surface area (Å²) in [4.78, 5) is 12.5. The number of fused-ring (bicyclic) bond motifs is 1. The van der Waals surface area contributed by atoms with Crippen LogP contribution in [0.5, 0.6) is 0 Å². The van der Waals surface area contributed by atoms with Gasteiger partial charge in [-0.3, -0.25) is 9.69 Å². The molecule has 0 spiro atoms. The van der Waals surface area contributed by atoms with E-state index in [9.17, 15) is 4.79 Å².